The number of piperazine rings is 1. The van der Waals surface area contributed by atoms with Crippen molar-refractivity contribution in [2.45, 2.75) is 41.5 Å². The van der Waals surface area contributed by atoms with Crippen LogP contribution in [0.5, 0.6) is 0 Å². The standard InChI is InChI=1S/C6H14N2.C2H5F.2C2H6/c1-2-8-5-3-7-4-6-8;1-2-3;2*1-2/h7H,2-6H2,1H3;2H2,1H3;2*1-2H3. The largest absolute Gasteiger partial charge is 0.314 e. The molecule has 1 N–H and O–H groups in total. The molecule has 3 heteroatoms. The first-order valence-corrected chi connectivity index (χ1v) is 6.34. The van der Waals surface area contributed by atoms with Crippen molar-refractivity contribution < 1.29 is 4.39 Å². The van der Waals surface area contributed by atoms with E-state index in [1.807, 2.05) is 27.7 Å². The zero-order chi connectivity index (χ0) is 12.5. The summed E-state index contributed by atoms with van der Waals surface area (Å²) in [6, 6.07) is 0. The monoisotopic (exact) mass is 222 g/mol. The summed E-state index contributed by atoms with van der Waals surface area (Å²) in [5.41, 5.74) is 0. The van der Waals surface area contributed by atoms with Gasteiger partial charge in [-0.05, 0) is 13.5 Å². The molecule has 0 aromatic rings. The Kier molecular flexibility index (Phi) is 31.9. The Morgan fingerprint density at radius 1 is 1.00 bits per heavy atom. The van der Waals surface area contributed by atoms with E-state index < -0.39 is 0 Å². The lowest BCUT2D eigenvalue weighted by Gasteiger charge is -2.25. The average Bonchev–Trinajstić information content (AvgIpc) is 2.36. The normalized spacial score (nSPS) is 14.6. The zero-order valence-corrected chi connectivity index (χ0v) is 11.6. The van der Waals surface area contributed by atoms with Gasteiger partial charge in [0.25, 0.3) is 0 Å². The first kappa shape index (κ1) is 20.3. The molecule has 1 aliphatic rings. The summed E-state index contributed by atoms with van der Waals surface area (Å²) in [4.78, 5) is 2.45. The van der Waals surface area contributed by atoms with Crippen LogP contribution in [0.25, 0.3) is 0 Å². The second-order valence-electron chi connectivity index (χ2n) is 2.45. The Hall–Kier alpha value is -0.150. The van der Waals surface area contributed by atoms with Crippen molar-refractivity contribution in [2.75, 3.05) is 39.4 Å². The van der Waals surface area contributed by atoms with Gasteiger partial charge < -0.3 is 10.2 Å². The highest BCUT2D eigenvalue weighted by Gasteiger charge is 2.04. The van der Waals surface area contributed by atoms with E-state index in [0.29, 0.717) is 0 Å². The Bertz CT molecular complexity index is 74.0. The van der Waals surface area contributed by atoms with Crippen LogP contribution in [0.2, 0.25) is 0 Å². The molecule has 0 aromatic carbocycles. The van der Waals surface area contributed by atoms with E-state index in [1.54, 1.807) is 0 Å². The van der Waals surface area contributed by atoms with E-state index in [1.165, 1.54) is 39.6 Å². The van der Waals surface area contributed by atoms with Gasteiger partial charge in [0.15, 0.2) is 0 Å². The van der Waals surface area contributed by atoms with Crippen LogP contribution in [0.15, 0.2) is 0 Å². The molecule has 0 atom stereocenters. The van der Waals surface area contributed by atoms with Crippen LogP contribution in [0, 0.1) is 0 Å². The molecular formula is C12H31FN2. The predicted molar refractivity (Wildman–Crippen MR) is 69.3 cm³/mol. The quantitative estimate of drug-likeness (QED) is 0.734. The summed E-state index contributed by atoms with van der Waals surface area (Å²) >= 11 is 0. The third kappa shape index (κ3) is 20.0. The molecule has 15 heavy (non-hydrogen) atoms. The summed E-state index contributed by atoms with van der Waals surface area (Å²) < 4.78 is 10.3. The summed E-state index contributed by atoms with van der Waals surface area (Å²) in [6.07, 6.45) is 0. The van der Waals surface area contributed by atoms with Crippen molar-refractivity contribution in [3.63, 3.8) is 0 Å². The fourth-order valence-electron chi connectivity index (χ4n) is 1.03. The van der Waals surface area contributed by atoms with Crippen LogP contribution in [0.1, 0.15) is 41.5 Å². The van der Waals surface area contributed by atoms with Crippen LogP contribution in [0.4, 0.5) is 4.39 Å². The molecule has 0 bridgehead atoms. The maximum atomic E-state index is 10.3. The third-order valence-corrected chi connectivity index (χ3v) is 1.66. The Morgan fingerprint density at radius 3 is 1.53 bits per heavy atom. The highest BCUT2D eigenvalue weighted by Crippen LogP contribution is 1.88. The van der Waals surface area contributed by atoms with Gasteiger partial charge in [0.05, 0.1) is 6.67 Å². The minimum Gasteiger partial charge on any atom is -0.314 e. The fraction of sp³-hybridized carbons (Fsp3) is 1.00. The number of halogens is 1. The number of rotatable bonds is 1. The van der Waals surface area contributed by atoms with E-state index in [9.17, 15) is 4.39 Å². The highest BCUT2D eigenvalue weighted by molar-refractivity contribution is 4.64. The van der Waals surface area contributed by atoms with E-state index >= 15 is 0 Å². The summed E-state index contributed by atoms with van der Waals surface area (Å²) in [6.45, 7) is 17.4. The number of nitrogens with zero attached hydrogens (tertiary/aromatic N) is 1. The molecule has 96 valence electrons. The Labute approximate surface area is 96.2 Å². The van der Waals surface area contributed by atoms with Gasteiger partial charge in [-0.1, -0.05) is 34.6 Å². The predicted octanol–water partition coefficient (Wildman–Crippen LogP) is 2.94. The molecular weight excluding hydrogens is 191 g/mol. The second-order valence-corrected chi connectivity index (χ2v) is 2.45. The SMILES string of the molecule is CC.CC.CCF.CCN1CCNCC1. The van der Waals surface area contributed by atoms with Gasteiger partial charge in [-0.15, -0.1) is 0 Å². The molecule has 0 aliphatic carbocycles. The number of hydrogen-bond acceptors (Lipinski definition) is 2. The molecule has 0 radical (unpaired) electrons. The second kappa shape index (κ2) is 23.6. The highest BCUT2D eigenvalue weighted by atomic mass is 19.1. The van der Waals surface area contributed by atoms with Crippen LogP contribution in [-0.2, 0) is 0 Å². The van der Waals surface area contributed by atoms with Crippen molar-refractivity contribution in [1.82, 2.24) is 10.2 Å². The van der Waals surface area contributed by atoms with Gasteiger partial charge in [-0.2, -0.15) is 0 Å². The molecule has 2 nitrogen and oxygen atoms in total. The summed E-state index contributed by atoms with van der Waals surface area (Å²) in [7, 11) is 0. The first-order chi connectivity index (χ1) is 7.35. The van der Waals surface area contributed by atoms with Gasteiger partial charge in [-0.25, -0.2) is 0 Å². The molecule has 1 heterocycles. The Balaban J connectivity index is -0.000000176. The molecule has 1 aliphatic heterocycles. The molecule has 1 fully saturated rings. The smallest absolute Gasteiger partial charge is 0.0866 e. The van der Waals surface area contributed by atoms with Crippen LogP contribution < -0.4 is 5.32 Å². The fourth-order valence-corrected chi connectivity index (χ4v) is 1.03. The van der Waals surface area contributed by atoms with Gasteiger partial charge in [0, 0.05) is 26.2 Å². The van der Waals surface area contributed by atoms with Crippen molar-refractivity contribution in [3.05, 3.63) is 0 Å². The average molecular weight is 222 g/mol. The number of alkyl halides is 1. The maximum absolute atomic E-state index is 10.3. The van der Waals surface area contributed by atoms with Crippen LogP contribution >= 0.6 is 0 Å². The van der Waals surface area contributed by atoms with Crippen LogP contribution in [-0.4, -0.2) is 44.3 Å². The van der Waals surface area contributed by atoms with Gasteiger partial charge in [0.1, 0.15) is 0 Å². The van der Waals surface area contributed by atoms with Crippen molar-refractivity contribution in [1.29, 1.82) is 0 Å². The lowest BCUT2D eigenvalue weighted by molar-refractivity contribution is 0.253. The van der Waals surface area contributed by atoms with E-state index in [0.717, 1.165) is 0 Å². The summed E-state index contributed by atoms with van der Waals surface area (Å²) in [5.74, 6) is 0. The van der Waals surface area contributed by atoms with E-state index in [-0.39, 0.29) is 6.67 Å². The molecule has 1 saturated heterocycles. The number of likely N-dealkylation sites (N-methyl/N-ethyl adjacent to an activating group) is 1. The topological polar surface area (TPSA) is 15.3 Å². The number of hydrogen-bond donors (Lipinski definition) is 1. The third-order valence-electron chi connectivity index (χ3n) is 1.66. The van der Waals surface area contributed by atoms with E-state index in [4.69, 9.17) is 0 Å². The molecule has 0 spiro atoms. The Morgan fingerprint density at radius 2 is 1.33 bits per heavy atom. The minimum absolute atomic E-state index is 0.250. The summed E-state index contributed by atoms with van der Waals surface area (Å²) in [5, 5.41) is 3.31. The molecule has 0 unspecified atom stereocenters. The molecule has 0 amide bonds. The molecule has 1 rings (SSSR count). The van der Waals surface area contributed by atoms with E-state index in [2.05, 4.69) is 17.1 Å². The maximum Gasteiger partial charge on any atom is 0.0866 e. The van der Waals surface area contributed by atoms with Crippen molar-refractivity contribution >= 4 is 0 Å². The van der Waals surface area contributed by atoms with Gasteiger partial charge >= 0.3 is 0 Å². The number of nitrogens with one attached hydrogen (secondary N) is 1. The lowest BCUT2D eigenvalue weighted by Crippen LogP contribution is -2.43. The molecule has 0 aromatic heterocycles. The van der Waals surface area contributed by atoms with Crippen molar-refractivity contribution in [2.24, 2.45) is 0 Å². The van der Waals surface area contributed by atoms with Gasteiger partial charge in [-0.3, -0.25) is 4.39 Å². The first-order valence-electron chi connectivity index (χ1n) is 6.34. The lowest BCUT2D eigenvalue weighted by atomic mass is 10.4. The zero-order valence-electron chi connectivity index (χ0n) is 11.6. The van der Waals surface area contributed by atoms with Crippen molar-refractivity contribution in [3.8, 4) is 0 Å². The van der Waals surface area contributed by atoms with Gasteiger partial charge in [0.2, 0.25) is 0 Å². The van der Waals surface area contributed by atoms with Crippen LogP contribution in [0.3, 0.4) is 0 Å². The molecule has 0 saturated carbocycles. The minimum atomic E-state index is -0.250.